The third-order valence-electron chi connectivity index (χ3n) is 6.41. The van der Waals surface area contributed by atoms with Gasteiger partial charge in [-0.1, -0.05) is 30.3 Å². The van der Waals surface area contributed by atoms with Gasteiger partial charge in [-0.2, -0.15) is 0 Å². The summed E-state index contributed by atoms with van der Waals surface area (Å²) in [6.45, 7) is 7.36. The zero-order valence-corrected chi connectivity index (χ0v) is 21.3. The molecule has 0 fully saturated rings. The summed E-state index contributed by atoms with van der Waals surface area (Å²) in [4.78, 5) is 30.5. The molecule has 1 N–H and O–H groups in total. The lowest BCUT2D eigenvalue weighted by molar-refractivity contribution is -0.134. The van der Waals surface area contributed by atoms with Gasteiger partial charge in [-0.05, 0) is 51.1 Å². The first-order valence-electron chi connectivity index (χ1n) is 12.3. The summed E-state index contributed by atoms with van der Waals surface area (Å²) in [5, 5.41) is 2.92. The lowest BCUT2D eigenvalue weighted by atomic mass is 9.98. The Balaban J connectivity index is 1.59. The summed E-state index contributed by atoms with van der Waals surface area (Å²) in [6.07, 6.45) is 2.03. The first kappa shape index (κ1) is 25.2. The number of nitrogens with zero attached hydrogens (tertiary/aromatic N) is 3. The molecule has 0 aliphatic carbocycles. The van der Waals surface area contributed by atoms with Crippen LogP contribution >= 0.6 is 0 Å². The molecule has 1 aromatic heterocycles. The number of nitrogens with one attached hydrogen (secondary N) is 1. The van der Waals surface area contributed by atoms with E-state index in [-0.39, 0.29) is 30.6 Å². The van der Waals surface area contributed by atoms with Crippen LogP contribution in [0.15, 0.2) is 66.9 Å². The summed E-state index contributed by atoms with van der Waals surface area (Å²) in [5.74, 6) is 1.19. The molecular formula is C28H34N4O4. The SMILES string of the molecule is CCOc1ccccc1NC(=O)N(CC(=O)N1CCn2cccc2C1c1ccccc1OC)C(C)C. The molecule has 0 saturated heterocycles. The van der Waals surface area contributed by atoms with E-state index in [1.807, 2.05) is 86.5 Å². The first-order chi connectivity index (χ1) is 17.4. The molecule has 3 amide bonds. The van der Waals surface area contributed by atoms with Gasteiger partial charge < -0.3 is 29.2 Å². The Bertz CT molecular complexity index is 1210. The molecule has 3 aromatic rings. The molecule has 1 atom stereocenters. The van der Waals surface area contributed by atoms with E-state index in [1.165, 1.54) is 0 Å². The number of urea groups is 1. The van der Waals surface area contributed by atoms with E-state index in [1.54, 1.807) is 18.1 Å². The second-order valence-corrected chi connectivity index (χ2v) is 8.94. The summed E-state index contributed by atoms with van der Waals surface area (Å²) in [5.41, 5.74) is 2.51. The molecule has 8 heteroatoms. The van der Waals surface area contributed by atoms with Crippen LogP contribution in [-0.2, 0) is 11.3 Å². The van der Waals surface area contributed by atoms with Crippen molar-refractivity contribution in [1.82, 2.24) is 14.4 Å². The van der Waals surface area contributed by atoms with Crippen LogP contribution in [0.2, 0.25) is 0 Å². The molecule has 36 heavy (non-hydrogen) atoms. The Kier molecular flexibility index (Phi) is 7.83. The molecular weight excluding hydrogens is 456 g/mol. The van der Waals surface area contributed by atoms with Crippen molar-refractivity contribution in [1.29, 1.82) is 0 Å². The van der Waals surface area contributed by atoms with Gasteiger partial charge in [0.2, 0.25) is 5.91 Å². The number of carbonyl (C=O) groups excluding carboxylic acids is 2. The lowest BCUT2D eigenvalue weighted by Crippen LogP contribution is -2.50. The van der Waals surface area contributed by atoms with Crippen molar-refractivity contribution in [2.24, 2.45) is 0 Å². The monoisotopic (exact) mass is 490 g/mol. The quantitative estimate of drug-likeness (QED) is 0.494. The number of amides is 3. The smallest absolute Gasteiger partial charge is 0.322 e. The minimum Gasteiger partial charge on any atom is -0.496 e. The summed E-state index contributed by atoms with van der Waals surface area (Å²) in [7, 11) is 1.64. The minimum absolute atomic E-state index is 0.0489. The van der Waals surface area contributed by atoms with Gasteiger partial charge in [-0.15, -0.1) is 0 Å². The predicted octanol–water partition coefficient (Wildman–Crippen LogP) is 4.77. The van der Waals surface area contributed by atoms with Crippen molar-refractivity contribution >= 4 is 17.6 Å². The van der Waals surface area contributed by atoms with Crippen molar-refractivity contribution in [2.45, 2.75) is 39.4 Å². The first-order valence-corrected chi connectivity index (χ1v) is 12.3. The fraction of sp³-hybridized carbons (Fsp3) is 0.357. The van der Waals surface area contributed by atoms with Crippen molar-refractivity contribution in [3.05, 3.63) is 78.1 Å². The Hall–Kier alpha value is -3.94. The highest BCUT2D eigenvalue weighted by Crippen LogP contribution is 2.37. The van der Waals surface area contributed by atoms with Crippen LogP contribution < -0.4 is 14.8 Å². The maximum Gasteiger partial charge on any atom is 0.322 e. The number of ether oxygens (including phenoxy) is 2. The van der Waals surface area contributed by atoms with Crippen LogP contribution in [0.25, 0.3) is 0 Å². The number of rotatable bonds is 8. The average Bonchev–Trinajstić information content (AvgIpc) is 3.36. The number of methoxy groups -OCH3 is 1. The number of hydrogen-bond acceptors (Lipinski definition) is 4. The molecule has 190 valence electrons. The number of fused-ring (bicyclic) bond motifs is 1. The highest BCUT2D eigenvalue weighted by molar-refractivity contribution is 5.94. The summed E-state index contributed by atoms with van der Waals surface area (Å²) < 4.78 is 13.4. The number of hydrogen-bond donors (Lipinski definition) is 1. The highest BCUT2D eigenvalue weighted by Gasteiger charge is 2.35. The van der Waals surface area contributed by atoms with Crippen LogP contribution in [0.5, 0.6) is 11.5 Å². The predicted molar refractivity (Wildman–Crippen MR) is 139 cm³/mol. The van der Waals surface area contributed by atoms with Crippen LogP contribution in [-0.4, -0.2) is 59.2 Å². The highest BCUT2D eigenvalue weighted by atomic mass is 16.5. The number of carbonyl (C=O) groups is 2. The number of aromatic nitrogens is 1. The van der Waals surface area contributed by atoms with E-state index >= 15 is 0 Å². The van der Waals surface area contributed by atoms with Crippen molar-refractivity contribution in [2.75, 3.05) is 32.1 Å². The molecule has 0 saturated carbocycles. The van der Waals surface area contributed by atoms with E-state index in [0.717, 1.165) is 17.0 Å². The zero-order chi connectivity index (χ0) is 25.7. The molecule has 2 aromatic carbocycles. The summed E-state index contributed by atoms with van der Waals surface area (Å²) in [6, 6.07) is 18.2. The van der Waals surface area contributed by atoms with Gasteiger partial charge in [0, 0.05) is 36.6 Å². The lowest BCUT2D eigenvalue weighted by Gasteiger charge is -2.39. The third kappa shape index (κ3) is 5.17. The Labute approximate surface area is 212 Å². The Morgan fingerprint density at radius 1 is 1.03 bits per heavy atom. The molecule has 4 rings (SSSR count). The van der Waals surface area contributed by atoms with Crippen LogP contribution in [0, 0.1) is 0 Å². The maximum absolute atomic E-state index is 13.8. The molecule has 8 nitrogen and oxygen atoms in total. The van der Waals surface area contributed by atoms with Gasteiger partial charge in [-0.3, -0.25) is 4.79 Å². The number of anilines is 1. The normalized spacial score (nSPS) is 14.8. The van der Waals surface area contributed by atoms with Crippen LogP contribution in [0.1, 0.15) is 38.1 Å². The van der Waals surface area contributed by atoms with Gasteiger partial charge in [0.15, 0.2) is 0 Å². The second kappa shape index (κ2) is 11.2. The largest absolute Gasteiger partial charge is 0.496 e. The van der Waals surface area contributed by atoms with Gasteiger partial charge in [-0.25, -0.2) is 4.79 Å². The van der Waals surface area contributed by atoms with E-state index < -0.39 is 0 Å². The Morgan fingerprint density at radius 2 is 1.75 bits per heavy atom. The molecule has 1 aliphatic heterocycles. The van der Waals surface area contributed by atoms with Gasteiger partial charge in [0.05, 0.1) is 19.4 Å². The second-order valence-electron chi connectivity index (χ2n) is 8.94. The van der Waals surface area contributed by atoms with Gasteiger partial charge in [0.1, 0.15) is 24.1 Å². The fourth-order valence-corrected chi connectivity index (χ4v) is 4.64. The van der Waals surface area contributed by atoms with Gasteiger partial charge >= 0.3 is 6.03 Å². The van der Waals surface area contributed by atoms with E-state index in [9.17, 15) is 9.59 Å². The zero-order valence-electron chi connectivity index (χ0n) is 21.3. The molecule has 1 unspecified atom stereocenters. The summed E-state index contributed by atoms with van der Waals surface area (Å²) >= 11 is 0. The molecule has 1 aliphatic rings. The third-order valence-corrected chi connectivity index (χ3v) is 6.41. The van der Waals surface area contributed by atoms with Crippen molar-refractivity contribution in [3.8, 4) is 11.5 Å². The number of benzene rings is 2. The Morgan fingerprint density at radius 3 is 2.47 bits per heavy atom. The van der Waals surface area contributed by atoms with Crippen LogP contribution in [0.3, 0.4) is 0 Å². The molecule has 0 spiro atoms. The van der Waals surface area contributed by atoms with Crippen LogP contribution in [0.4, 0.5) is 10.5 Å². The maximum atomic E-state index is 13.8. The topological polar surface area (TPSA) is 76.0 Å². The molecule has 0 radical (unpaired) electrons. The van der Waals surface area contributed by atoms with E-state index in [4.69, 9.17) is 9.47 Å². The van der Waals surface area contributed by atoms with E-state index in [0.29, 0.717) is 31.1 Å². The molecule has 0 bridgehead atoms. The standard InChI is InChI=1S/C28H34N4O4/c1-5-36-25-15-9-7-12-22(25)29-28(34)32(20(2)3)19-26(33)31-18-17-30-16-10-13-23(30)27(31)21-11-6-8-14-24(21)35-4/h6-16,20,27H,5,17-19H2,1-4H3,(H,29,34). The number of para-hydroxylation sites is 3. The fourth-order valence-electron chi connectivity index (χ4n) is 4.64. The average molecular weight is 491 g/mol. The van der Waals surface area contributed by atoms with E-state index in [2.05, 4.69) is 9.88 Å². The minimum atomic E-state index is -0.347. The van der Waals surface area contributed by atoms with Crippen molar-refractivity contribution in [3.63, 3.8) is 0 Å². The van der Waals surface area contributed by atoms with Crippen molar-refractivity contribution < 1.29 is 19.1 Å². The van der Waals surface area contributed by atoms with Gasteiger partial charge in [0.25, 0.3) is 0 Å². The molecule has 2 heterocycles.